The maximum Gasteiger partial charge on any atom is 0.151 e. The summed E-state index contributed by atoms with van der Waals surface area (Å²) in [6, 6.07) is 14.8. The van der Waals surface area contributed by atoms with E-state index in [0.717, 1.165) is 35.7 Å². The predicted octanol–water partition coefficient (Wildman–Crippen LogP) is 4.60. The van der Waals surface area contributed by atoms with E-state index in [1.807, 2.05) is 36.4 Å². The Morgan fingerprint density at radius 1 is 1.08 bits per heavy atom. The Kier molecular flexibility index (Phi) is 4.57. The smallest absolute Gasteiger partial charge is 0.151 e. The van der Waals surface area contributed by atoms with Gasteiger partial charge < -0.3 is 4.52 Å². The largest absolute Gasteiger partial charge is 0.359 e. The molecule has 3 heterocycles. The molecule has 1 aliphatic heterocycles. The van der Waals surface area contributed by atoms with Gasteiger partial charge in [-0.05, 0) is 49.2 Å². The summed E-state index contributed by atoms with van der Waals surface area (Å²) < 4.78 is 18.8. The van der Waals surface area contributed by atoms with Gasteiger partial charge in [-0.25, -0.2) is 4.39 Å². The zero-order valence-corrected chi connectivity index (χ0v) is 13.9. The number of benzene rings is 1. The van der Waals surface area contributed by atoms with Gasteiger partial charge in [-0.3, -0.25) is 9.88 Å². The molecule has 1 aliphatic rings. The Labute approximate surface area is 146 Å². The summed E-state index contributed by atoms with van der Waals surface area (Å²) in [4.78, 5) is 6.70. The zero-order chi connectivity index (χ0) is 17.1. The fourth-order valence-electron chi connectivity index (χ4n) is 3.47. The Hall–Kier alpha value is -2.53. The van der Waals surface area contributed by atoms with E-state index in [2.05, 4.69) is 15.0 Å². The van der Waals surface area contributed by atoms with Gasteiger partial charge in [0.1, 0.15) is 11.5 Å². The summed E-state index contributed by atoms with van der Waals surface area (Å²) in [5.41, 5.74) is 2.72. The van der Waals surface area contributed by atoms with Crippen LogP contribution in [-0.2, 0) is 6.54 Å². The van der Waals surface area contributed by atoms with E-state index >= 15 is 0 Å². The molecule has 1 saturated heterocycles. The molecule has 4 rings (SSSR count). The molecule has 1 fully saturated rings. The van der Waals surface area contributed by atoms with Crippen molar-refractivity contribution in [3.63, 3.8) is 0 Å². The van der Waals surface area contributed by atoms with Gasteiger partial charge in [0, 0.05) is 18.3 Å². The van der Waals surface area contributed by atoms with E-state index in [4.69, 9.17) is 4.52 Å². The first-order valence-corrected chi connectivity index (χ1v) is 8.66. The molecule has 0 saturated carbocycles. The monoisotopic (exact) mass is 337 g/mol. The van der Waals surface area contributed by atoms with E-state index in [0.29, 0.717) is 6.54 Å². The summed E-state index contributed by atoms with van der Waals surface area (Å²) in [6.07, 6.45) is 5.18. The van der Waals surface area contributed by atoms with Crippen LogP contribution in [0.1, 0.15) is 36.6 Å². The third kappa shape index (κ3) is 3.61. The van der Waals surface area contributed by atoms with E-state index in [-0.39, 0.29) is 11.9 Å². The van der Waals surface area contributed by atoms with Crippen molar-refractivity contribution >= 4 is 0 Å². The number of hydrogen-bond donors (Lipinski definition) is 0. The van der Waals surface area contributed by atoms with Gasteiger partial charge >= 0.3 is 0 Å². The van der Waals surface area contributed by atoms with Crippen molar-refractivity contribution in [1.29, 1.82) is 0 Å². The molecular formula is C20H20FN3O. The molecule has 25 heavy (non-hydrogen) atoms. The lowest BCUT2D eigenvalue weighted by Gasteiger charge is -2.35. The fourth-order valence-corrected chi connectivity index (χ4v) is 3.47. The molecule has 3 aromatic rings. The van der Waals surface area contributed by atoms with Crippen LogP contribution in [0.25, 0.3) is 11.4 Å². The molecular weight excluding hydrogens is 317 g/mol. The second-order valence-electron chi connectivity index (χ2n) is 6.43. The highest BCUT2D eigenvalue weighted by Gasteiger charge is 2.25. The Morgan fingerprint density at radius 2 is 1.96 bits per heavy atom. The highest BCUT2D eigenvalue weighted by atomic mass is 19.1. The summed E-state index contributed by atoms with van der Waals surface area (Å²) in [5, 5.41) is 4.15. The number of halogens is 1. The first kappa shape index (κ1) is 16.0. The van der Waals surface area contributed by atoms with Crippen LogP contribution in [-0.4, -0.2) is 21.6 Å². The second kappa shape index (κ2) is 7.15. The molecule has 0 aliphatic carbocycles. The predicted molar refractivity (Wildman–Crippen MR) is 93.1 cm³/mol. The lowest BCUT2D eigenvalue weighted by molar-refractivity contribution is 0.126. The van der Waals surface area contributed by atoms with Crippen molar-refractivity contribution in [2.45, 2.75) is 31.8 Å². The van der Waals surface area contributed by atoms with Gasteiger partial charge in [-0.2, -0.15) is 0 Å². The molecule has 2 aromatic heterocycles. The van der Waals surface area contributed by atoms with Gasteiger partial charge in [0.05, 0.1) is 12.2 Å². The zero-order valence-electron chi connectivity index (χ0n) is 13.9. The van der Waals surface area contributed by atoms with E-state index in [9.17, 15) is 4.39 Å². The number of rotatable bonds is 4. The number of pyridine rings is 1. The van der Waals surface area contributed by atoms with Crippen molar-refractivity contribution in [3.05, 3.63) is 71.9 Å². The van der Waals surface area contributed by atoms with Gasteiger partial charge in [-0.1, -0.05) is 29.8 Å². The third-order valence-electron chi connectivity index (χ3n) is 4.71. The first-order valence-electron chi connectivity index (χ1n) is 8.66. The molecule has 4 nitrogen and oxygen atoms in total. The lowest BCUT2D eigenvalue weighted by atomic mass is 9.95. The molecule has 0 amide bonds. The Balaban J connectivity index is 1.52. The summed E-state index contributed by atoms with van der Waals surface area (Å²) in [7, 11) is 0. The first-order chi connectivity index (χ1) is 12.3. The summed E-state index contributed by atoms with van der Waals surface area (Å²) in [5.74, 6) is 0.635. The lowest BCUT2D eigenvalue weighted by Crippen LogP contribution is -2.32. The number of hydrogen-bond acceptors (Lipinski definition) is 4. The second-order valence-corrected chi connectivity index (χ2v) is 6.43. The van der Waals surface area contributed by atoms with Gasteiger partial charge in [0.25, 0.3) is 0 Å². The molecule has 0 N–H and O–H groups in total. The van der Waals surface area contributed by atoms with Crippen LogP contribution in [0.2, 0.25) is 0 Å². The summed E-state index contributed by atoms with van der Waals surface area (Å²) >= 11 is 0. The minimum absolute atomic E-state index is 0.193. The van der Waals surface area contributed by atoms with Crippen LogP contribution in [0.4, 0.5) is 4.39 Å². The van der Waals surface area contributed by atoms with Crippen molar-refractivity contribution in [2.75, 3.05) is 6.54 Å². The minimum Gasteiger partial charge on any atom is -0.359 e. The van der Waals surface area contributed by atoms with Crippen LogP contribution in [0.3, 0.4) is 0 Å². The van der Waals surface area contributed by atoms with Crippen molar-refractivity contribution < 1.29 is 8.91 Å². The molecule has 1 aromatic carbocycles. The van der Waals surface area contributed by atoms with Crippen molar-refractivity contribution in [2.24, 2.45) is 0 Å². The van der Waals surface area contributed by atoms with Crippen LogP contribution >= 0.6 is 0 Å². The van der Waals surface area contributed by atoms with Gasteiger partial charge in [0.2, 0.25) is 0 Å². The van der Waals surface area contributed by atoms with Gasteiger partial charge in [-0.15, -0.1) is 0 Å². The quantitative estimate of drug-likeness (QED) is 0.697. The number of nitrogens with zero attached hydrogens (tertiary/aromatic N) is 3. The van der Waals surface area contributed by atoms with E-state index < -0.39 is 0 Å². The molecule has 0 radical (unpaired) electrons. The Bertz CT molecular complexity index is 816. The van der Waals surface area contributed by atoms with Crippen molar-refractivity contribution in [3.8, 4) is 11.4 Å². The minimum atomic E-state index is -0.193. The molecule has 5 heteroatoms. The summed E-state index contributed by atoms with van der Waals surface area (Å²) in [6.45, 7) is 1.70. The maximum atomic E-state index is 13.2. The maximum absolute atomic E-state index is 13.2. The average molecular weight is 337 g/mol. The third-order valence-corrected chi connectivity index (χ3v) is 4.71. The standard InChI is InChI=1S/C20H20FN3O/c21-16-9-7-15(8-10-16)20-6-2-4-12-24(20)14-17-13-19(23-25-17)18-5-1-3-11-22-18/h1,3,5,7-11,13,20H,2,4,6,12,14H2/t20-/m1/s1. The topological polar surface area (TPSA) is 42.2 Å². The molecule has 0 bridgehead atoms. The van der Waals surface area contributed by atoms with Crippen LogP contribution in [0, 0.1) is 5.82 Å². The van der Waals surface area contributed by atoms with E-state index in [1.54, 1.807) is 6.20 Å². The van der Waals surface area contributed by atoms with Crippen molar-refractivity contribution in [1.82, 2.24) is 15.0 Å². The molecule has 0 unspecified atom stereocenters. The van der Waals surface area contributed by atoms with Crippen LogP contribution in [0.15, 0.2) is 59.3 Å². The molecule has 1 atom stereocenters. The number of aromatic nitrogens is 2. The van der Waals surface area contributed by atoms with Crippen LogP contribution < -0.4 is 0 Å². The normalized spacial score (nSPS) is 18.4. The molecule has 0 spiro atoms. The Morgan fingerprint density at radius 3 is 2.76 bits per heavy atom. The molecule has 128 valence electrons. The number of piperidine rings is 1. The number of likely N-dealkylation sites (tertiary alicyclic amines) is 1. The average Bonchev–Trinajstić information content (AvgIpc) is 3.12. The highest BCUT2D eigenvalue weighted by Crippen LogP contribution is 2.32. The SMILES string of the molecule is Fc1ccc([C@H]2CCCCN2Cc2cc(-c3ccccn3)no2)cc1. The highest BCUT2D eigenvalue weighted by molar-refractivity contribution is 5.52. The van der Waals surface area contributed by atoms with Crippen LogP contribution in [0.5, 0.6) is 0 Å². The van der Waals surface area contributed by atoms with Gasteiger partial charge in [0.15, 0.2) is 5.76 Å². The van der Waals surface area contributed by atoms with E-state index in [1.165, 1.54) is 25.0 Å². The fraction of sp³-hybridized carbons (Fsp3) is 0.300.